The lowest BCUT2D eigenvalue weighted by atomic mass is 9.89. The second-order valence-corrected chi connectivity index (χ2v) is 4.37. The summed E-state index contributed by atoms with van der Waals surface area (Å²) in [5.41, 5.74) is 1.85. The summed E-state index contributed by atoms with van der Waals surface area (Å²) in [5, 5.41) is 0. The minimum absolute atomic E-state index is 0.00802. The number of hydrogen-bond donors (Lipinski definition) is 0. The van der Waals surface area contributed by atoms with Crippen LogP contribution in [0.5, 0.6) is 0 Å². The predicted molar refractivity (Wildman–Crippen MR) is 54.8 cm³/mol. The number of hydrogen-bond acceptors (Lipinski definition) is 2. The zero-order valence-electron chi connectivity index (χ0n) is 7.09. The minimum Gasteiger partial charge on any atom is -0.253 e. The number of rotatable bonds is 4. The van der Waals surface area contributed by atoms with Gasteiger partial charge in [-0.15, -0.1) is 29.5 Å². The van der Waals surface area contributed by atoms with Crippen molar-refractivity contribution in [3.63, 3.8) is 0 Å². The van der Waals surface area contributed by atoms with Crippen molar-refractivity contribution in [2.24, 2.45) is 5.41 Å². The first-order chi connectivity index (χ1) is 5.70. The molecule has 1 aromatic rings. The highest BCUT2D eigenvalue weighted by Gasteiger charge is 2.19. The fourth-order valence-electron chi connectivity index (χ4n) is 0.901. The largest absolute Gasteiger partial charge is 0.253 e. The third-order valence-electron chi connectivity index (χ3n) is 1.86. The standard InChI is InChI=1S/C9H12ClNS/c1-3-9(2,6-10)4-8-5-11-7-12-8/h3,5,7H,1,4,6H2,2H3. The zero-order valence-corrected chi connectivity index (χ0v) is 8.66. The van der Waals surface area contributed by atoms with Gasteiger partial charge >= 0.3 is 0 Å². The Morgan fingerprint density at radius 1 is 1.83 bits per heavy atom. The molecule has 0 aliphatic rings. The Morgan fingerprint density at radius 2 is 2.58 bits per heavy atom. The molecule has 0 spiro atoms. The first kappa shape index (κ1) is 9.75. The van der Waals surface area contributed by atoms with Crippen molar-refractivity contribution < 1.29 is 0 Å². The second kappa shape index (κ2) is 4.06. The highest BCUT2D eigenvalue weighted by atomic mass is 35.5. The van der Waals surface area contributed by atoms with Gasteiger partial charge in [-0.05, 0) is 6.42 Å². The summed E-state index contributed by atoms with van der Waals surface area (Å²) in [4.78, 5) is 5.28. The summed E-state index contributed by atoms with van der Waals surface area (Å²) in [6, 6.07) is 0. The molecule has 0 saturated carbocycles. The van der Waals surface area contributed by atoms with Crippen LogP contribution in [0.4, 0.5) is 0 Å². The minimum atomic E-state index is 0.00802. The van der Waals surface area contributed by atoms with Crippen molar-refractivity contribution in [1.29, 1.82) is 0 Å². The Bertz CT molecular complexity index is 245. The summed E-state index contributed by atoms with van der Waals surface area (Å²) in [7, 11) is 0. The molecule has 0 N–H and O–H groups in total. The van der Waals surface area contributed by atoms with E-state index in [1.54, 1.807) is 11.3 Å². The summed E-state index contributed by atoms with van der Waals surface area (Å²) >= 11 is 7.50. The van der Waals surface area contributed by atoms with Crippen LogP contribution in [0.2, 0.25) is 0 Å². The highest BCUT2D eigenvalue weighted by molar-refractivity contribution is 7.09. The summed E-state index contributed by atoms with van der Waals surface area (Å²) in [5.74, 6) is 0.606. The molecule has 1 heterocycles. The smallest absolute Gasteiger partial charge is 0.0794 e. The third kappa shape index (κ3) is 2.32. The van der Waals surface area contributed by atoms with E-state index < -0.39 is 0 Å². The molecule has 1 rings (SSSR count). The van der Waals surface area contributed by atoms with E-state index in [-0.39, 0.29) is 5.41 Å². The lowest BCUT2D eigenvalue weighted by Gasteiger charge is -2.20. The van der Waals surface area contributed by atoms with E-state index in [1.165, 1.54) is 4.88 Å². The van der Waals surface area contributed by atoms with Crippen molar-refractivity contribution in [3.05, 3.63) is 29.2 Å². The number of alkyl halides is 1. The van der Waals surface area contributed by atoms with Gasteiger partial charge in [0.05, 0.1) is 5.51 Å². The van der Waals surface area contributed by atoms with Gasteiger partial charge in [-0.3, -0.25) is 4.98 Å². The van der Waals surface area contributed by atoms with E-state index >= 15 is 0 Å². The molecule has 1 nitrogen and oxygen atoms in total. The summed E-state index contributed by atoms with van der Waals surface area (Å²) in [6.07, 6.45) is 4.74. The molecule has 0 bridgehead atoms. The van der Waals surface area contributed by atoms with Crippen LogP contribution in [-0.4, -0.2) is 10.9 Å². The van der Waals surface area contributed by atoms with Crippen molar-refractivity contribution in [2.75, 3.05) is 5.88 Å². The average molecular weight is 202 g/mol. The Labute approximate surface area is 82.1 Å². The van der Waals surface area contributed by atoms with Crippen LogP contribution in [0.1, 0.15) is 11.8 Å². The molecule has 66 valence electrons. The Hall–Kier alpha value is -0.340. The number of nitrogens with zero attached hydrogens (tertiary/aromatic N) is 1. The van der Waals surface area contributed by atoms with Crippen LogP contribution in [0.3, 0.4) is 0 Å². The molecule has 0 aliphatic heterocycles. The first-order valence-corrected chi connectivity index (χ1v) is 5.18. The van der Waals surface area contributed by atoms with E-state index in [2.05, 4.69) is 18.5 Å². The van der Waals surface area contributed by atoms with Crippen LogP contribution in [0, 0.1) is 5.41 Å². The number of halogens is 1. The lowest BCUT2D eigenvalue weighted by molar-refractivity contribution is 0.490. The number of thiazole rings is 1. The van der Waals surface area contributed by atoms with Gasteiger partial charge in [0, 0.05) is 22.4 Å². The Kier molecular flexibility index (Phi) is 3.29. The molecule has 1 atom stereocenters. The molecular weight excluding hydrogens is 190 g/mol. The highest BCUT2D eigenvalue weighted by Crippen LogP contribution is 2.26. The maximum Gasteiger partial charge on any atom is 0.0794 e. The Balaban J connectivity index is 2.66. The fourth-order valence-corrected chi connectivity index (χ4v) is 1.90. The van der Waals surface area contributed by atoms with E-state index in [0.29, 0.717) is 5.88 Å². The van der Waals surface area contributed by atoms with Gasteiger partial charge in [-0.1, -0.05) is 13.0 Å². The monoisotopic (exact) mass is 201 g/mol. The topological polar surface area (TPSA) is 12.9 Å². The maximum absolute atomic E-state index is 5.84. The molecule has 1 unspecified atom stereocenters. The van der Waals surface area contributed by atoms with E-state index in [1.807, 2.05) is 17.8 Å². The van der Waals surface area contributed by atoms with Crippen molar-refractivity contribution in [1.82, 2.24) is 4.98 Å². The van der Waals surface area contributed by atoms with Gasteiger partial charge in [-0.2, -0.15) is 0 Å². The third-order valence-corrected chi connectivity index (χ3v) is 3.25. The number of allylic oxidation sites excluding steroid dienone is 1. The molecule has 0 amide bonds. The molecule has 0 fully saturated rings. The quantitative estimate of drug-likeness (QED) is 0.539. The molecule has 3 heteroatoms. The lowest BCUT2D eigenvalue weighted by Crippen LogP contribution is -2.17. The summed E-state index contributed by atoms with van der Waals surface area (Å²) in [6.45, 7) is 5.89. The van der Waals surface area contributed by atoms with E-state index in [9.17, 15) is 0 Å². The van der Waals surface area contributed by atoms with E-state index in [0.717, 1.165) is 6.42 Å². The SMILES string of the molecule is C=CC(C)(CCl)Cc1cncs1. The summed E-state index contributed by atoms with van der Waals surface area (Å²) < 4.78 is 0. The number of aromatic nitrogens is 1. The Morgan fingerprint density at radius 3 is 3.00 bits per heavy atom. The molecule has 0 saturated heterocycles. The molecular formula is C9H12ClNS. The zero-order chi connectivity index (χ0) is 9.03. The van der Waals surface area contributed by atoms with Crippen molar-refractivity contribution in [2.45, 2.75) is 13.3 Å². The molecule has 0 aliphatic carbocycles. The predicted octanol–water partition coefficient (Wildman–Crippen LogP) is 3.12. The molecule has 12 heavy (non-hydrogen) atoms. The molecule has 0 aromatic carbocycles. The van der Waals surface area contributed by atoms with Crippen molar-refractivity contribution in [3.8, 4) is 0 Å². The average Bonchev–Trinajstić information content (AvgIpc) is 2.57. The van der Waals surface area contributed by atoms with Crippen LogP contribution in [0.15, 0.2) is 24.4 Å². The maximum atomic E-state index is 5.84. The fraction of sp³-hybridized carbons (Fsp3) is 0.444. The van der Waals surface area contributed by atoms with Gasteiger partial charge in [0.25, 0.3) is 0 Å². The van der Waals surface area contributed by atoms with Gasteiger partial charge in [0.15, 0.2) is 0 Å². The van der Waals surface area contributed by atoms with Gasteiger partial charge < -0.3 is 0 Å². The van der Waals surface area contributed by atoms with Gasteiger partial charge in [-0.25, -0.2) is 0 Å². The van der Waals surface area contributed by atoms with E-state index in [4.69, 9.17) is 11.6 Å². The molecule has 1 aromatic heterocycles. The van der Waals surface area contributed by atoms with Gasteiger partial charge in [0.2, 0.25) is 0 Å². The normalized spacial score (nSPS) is 15.5. The second-order valence-electron chi connectivity index (χ2n) is 3.14. The first-order valence-electron chi connectivity index (χ1n) is 3.77. The van der Waals surface area contributed by atoms with Crippen LogP contribution in [-0.2, 0) is 6.42 Å². The van der Waals surface area contributed by atoms with Crippen LogP contribution < -0.4 is 0 Å². The van der Waals surface area contributed by atoms with Crippen LogP contribution >= 0.6 is 22.9 Å². The van der Waals surface area contributed by atoms with Crippen LogP contribution in [0.25, 0.3) is 0 Å². The van der Waals surface area contributed by atoms with Gasteiger partial charge in [0.1, 0.15) is 0 Å². The van der Waals surface area contributed by atoms with Crippen molar-refractivity contribution >= 4 is 22.9 Å². The molecule has 0 radical (unpaired) electrons.